The monoisotopic (exact) mass is 500 g/mol. The van der Waals surface area contributed by atoms with Crippen LogP contribution in [0.2, 0.25) is 0 Å². The van der Waals surface area contributed by atoms with Gasteiger partial charge in [0.25, 0.3) is 0 Å². The number of aromatic amines is 1. The van der Waals surface area contributed by atoms with Crippen molar-refractivity contribution < 1.29 is 23.6 Å². The van der Waals surface area contributed by atoms with Crippen LogP contribution in [0.25, 0.3) is 17.0 Å². The van der Waals surface area contributed by atoms with E-state index in [-0.39, 0.29) is 12.2 Å². The lowest BCUT2D eigenvalue weighted by molar-refractivity contribution is -0.612. The quantitative estimate of drug-likeness (QED) is 0.216. The molecule has 1 aliphatic carbocycles. The summed E-state index contributed by atoms with van der Waals surface area (Å²) in [5.74, 6) is 0.893. The molecular weight excluding hydrogens is 470 g/mol. The zero-order chi connectivity index (χ0) is 25.2. The Kier molecular flexibility index (Phi) is 5.80. The van der Waals surface area contributed by atoms with Crippen LogP contribution in [0.3, 0.4) is 0 Å². The zero-order valence-corrected chi connectivity index (χ0v) is 22.2. The molecule has 0 aliphatic heterocycles. The van der Waals surface area contributed by atoms with Crippen molar-refractivity contribution in [1.29, 1.82) is 0 Å². The van der Waals surface area contributed by atoms with E-state index < -0.39 is 20.9 Å². The van der Waals surface area contributed by atoms with E-state index in [0.29, 0.717) is 11.7 Å². The number of pyridine rings is 1. The van der Waals surface area contributed by atoms with Gasteiger partial charge in [0.15, 0.2) is 15.4 Å². The third-order valence-electron chi connectivity index (χ3n) is 6.93. The van der Waals surface area contributed by atoms with Gasteiger partial charge in [-0.05, 0) is 57.9 Å². The number of ketones is 1. The van der Waals surface area contributed by atoms with Crippen molar-refractivity contribution in [3.05, 3.63) is 46.8 Å². The maximum Gasteiger partial charge on any atom is 0.402 e. The van der Waals surface area contributed by atoms with Crippen molar-refractivity contribution in [3.8, 4) is 11.7 Å². The molecule has 0 saturated heterocycles. The Morgan fingerprint density at radius 2 is 1.76 bits per heavy atom. The number of aromatic nitrogens is 3. The molecule has 180 valence electrons. The van der Waals surface area contributed by atoms with E-state index in [2.05, 4.69) is 30.2 Å². The smallest absolute Gasteiger partial charge is 0.402 e. The standard InChI is InChI=1S/C25H29N3O4S2/c1-13-18(12-25(33,34)21(30)32-7)28(9-8-19(13)31-6)22-26-16-10-14-15(11-17(16)27-22)24(4,5)20(29)23(14,2)3/h8-11H,12H2,1-7H3,(H2-,26,27,33,34)/p+1. The fourth-order valence-corrected chi connectivity index (χ4v) is 5.49. The third kappa shape index (κ3) is 3.60. The second-order valence-electron chi connectivity index (χ2n) is 9.87. The summed E-state index contributed by atoms with van der Waals surface area (Å²) in [7, 11) is 2.90. The van der Waals surface area contributed by atoms with E-state index in [9.17, 15) is 9.59 Å². The maximum atomic E-state index is 13.1. The number of hydrogen-bond donors (Lipinski definition) is 3. The van der Waals surface area contributed by atoms with Gasteiger partial charge in [0.2, 0.25) is 0 Å². The van der Waals surface area contributed by atoms with E-state index >= 15 is 0 Å². The number of imidazole rings is 1. The second-order valence-corrected chi connectivity index (χ2v) is 11.7. The normalized spacial score (nSPS) is 16.6. The molecule has 0 fully saturated rings. The van der Waals surface area contributed by atoms with E-state index in [4.69, 9.17) is 14.5 Å². The number of carbonyl (C=O) groups is 2. The number of nitrogens with zero attached hydrogens (tertiary/aromatic N) is 2. The highest BCUT2D eigenvalue weighted by atomic mass is 32.2. The largest absolute Gasteiger partial charge is 0.496 e. The van der Waals surface area contributed by atoms with Gasteiger partial charge in [0.05, 0.1) is 26.1 Å². The summed E-state index contributed by atoms with van der Waals surface area (Å²) in [6, 6.07) is 5.87. The van der Waals surface area contributed by atoms with Crippen LogP contribution >= 0.6 is 25.3 Å². The number of methoxy groups -OCH3 is 2. The second kappa shape index (κ2) is 8.02. The van der Waals surface area contributed by atoms with Crippen LogP contribution < -0.4 is 9.30 Å². The molecule has 34 heavy (non-hydrogen) atoms. The first-order chi connectivity index (χ1) is 15.8. The average Bonchev–Trinajstić information content (AvgIpc) is 3.25. The van der Waals surface area contributed by atoms with E-state index in [1.807, 2.05) is 63.6 Å². The number of Topliss-reactive ketones (excluding diaryl/α,β-unsaturated/α-hetero) is 1. The van der Waals surface area contributed by atoms with Crippen LogP contribution in [0.1, 0.15) is 50.1 Å². The molecule has 1 N–H and O–H groups in total. The molecule has 4 rings (SSSR count). The zero-order valence-electron chi connectivity index (χ0n) is 20.4. The molecule has 0 bridgehead atoms. The lowest BCUT2D eigenvalue weighted by atomic mass is 9.80. The topological polar surface area (TPSA) is 85.2 Å². The molecule has 0 unspecified atom stereocenters. The number of rotatable bonds is 5. The fraction of sp³-hybridized carbons (Fsp3) is 0.440. The highest BCUT2D eigenvalue weighted by molar-refractivity contribution is 8.01. The first kappa shape index (κ1) is 24.6. The van der Waals surface area contributed by atoms with Crippen LogP contribution in [0.5, 0.6) is 5.75 Å². The van der Waals surface area contributed by atoms with E-state index in [0.717, 1.165) is 33.4 Å². The summed E-state index contributed by atoms with van der Waals surface area (Å²) in [6.45, 7) is 9.78. The number of esters is 1. The van der Waals surface area contributed by atoms with Crippen LogP contribution in [0, 0.1) is 6.92 Å². The van der Waals surface area contributed by atoms with Crippen molar-refractivity contribution in [3.63, 3.8) is 0 Å². The van der Waals surface area contributed by atoms with Gasteiger partial charge in [-0.1, -0.05) is 4.98 Å². The van der Waals surface area contributed by atoms with Crippen LogP contribution in [0.4, 0.5) is 0 Å². The highest BCUT2D eigenvalue weighted by Crippen LogP contribution is 2.47. The van der Waals surface area contributed by atoms with Gasteiger partial charge in [-0.15, -0.1) is 25.3 Å². The van der Waals surface area contributed by atoms with Gasteiger partial charge in [-0.3, -0.25) is 4.79 Å². The molecule has 2 aromatic heterocycles. The summed E-state index contributed by atoms with van der Waals surface area (Å²) in [6.07, 6.45) is 2.00. The van der Waals surface area contributed by atoms with Crippen molar-refractivity contribution >= 4 is 48.0 Å². The van der Waals surface area contributed by atoms with E-state index in [1.54, 1.807) is 7.11 Å². The van der Waals surface area contributed by atoms with Crippen LogP contribution in [0.15, 0.2) is 24.4 Å². The molecule has 0 spiro atoms. The summed E-state index contributed by atoms with van der Waals surface area (Å²) in [5, 5.41) is 0. The SMILES string of the molecule is COC(=O)C(S)(S)Cc1c(C)c(OC)cc[n+]1-c1nc2cc3c(cc2[nH]1)C(C)(C)C(=O)C3(C)C. The van der Waals surface area contributed by atoms with Gasteiger partial charge in [-0.25, -0.2) is 14.3 Å². The number of hydrogen-bond acceptors (Lipinski definition) is 7. The van der Waals surface area contributed by atoms with Crippen LogP contribution in [-0.4, -0.2) is 40.0 Å². The van der Waals surface area contributed by atoms with Crippen molar-refractivity contribution in [2.24, 2.45) is 0 Å². The number of ether oxygens (including phenoxy) is 2. The lowest BCUT2D eigenvalue weighted by Crippen LogP contribution is -2.42. The molecule has 3 aromatic rings. The summed E-state index contributed by atoms with van der Waals surface area (Å²) in [5.41, 5.74) is 4.02. The number of H-pyrrole nitrogens is 1. The average molecular weight is 501 g/mol. The molecule has 0 saturated carbocycles. The number of carbonyl (C=O) groups excluding carboxylic acids is 2. The highest BCUT2D eigenvalue weighted by Gasteiger charge is 2.51. The molecule has 1 aromatic carbocycles. The first-order valence-electron chi connectivity index (χ1n) is 11.0. The molecule has 7 nitrogen and oxygen atoms in total. The summed E-state index contributed by atoms with van der Waals surface area (Å²) < 4.78 is 10.9. The van der Waals surface area contributed by atoms with Gasteiger partial charge >= 0.3 is 11.9 Å². The van der Waals surface area contributed by atoms with Crippen molar-refractivity contribution in [1.82, 2.24) is 9.97 Å². The number of fused-ring (bicyclic) bond motifs is 2. The Hall–Kier alpha value is -2.52. The molecule has 0 radical (unpaired) electrons. The minimum absolute atomic E-state index is 0.164. The van der Waals surface area contributed by atoms with Gasteiger partial charge in [0.1, 0.15) is 11.3 Å². The van der Waals surface area contributed by atoms with E-state index in [1.165, 1.54) is 7.11 Å². The number of nitrogens with one attached hydrogen (secondary N) is 1. The first-order valence-corrected chi connectivity index (χ1v) is 11.9. The molecule has 0 atom stereocenters. The predicted molar refractivity (Wildman–Crippen MR) is 136 cm³/mol. The number of thiol groups is 2. The Bertz CT molecular complexity index is 1290. The minimum atomic E-state index is -1.35. The van der Waals surface area contributed by atoms with Gasteiger partial charge < -0.3 is 9.47 Å². The van der Waals surface area contributed by atoms with Crippen molar-refractivity contribution in [2.75, 3.05) is 14.2 Å². The molecular formula is C25H30N3O4S2+. The molecule has 2 heterocycles. The summed E-state index contributed by atoms with van der Waals surface area (Å²) in [4.78, 5) is 33.6. The Labute approximate surface area is 210 Å². The predicted octanol–water partition coefficient (Wildman–Crippen LogP) is 3.57. The Morgan fingerprint density at radius 1 is 1.15 bits per heavy atom. The lowest BCUT2D eigenvalue weighted by Gasteiger charge is -2.21. The molecule has 0 amide bonds. The maximum absolute atomic E-state index is 13.1. The summed E-state index contributed by atoms with van der Waals surface area (Å²) >= 11 is 8.92. The third-order valence-corrected chi connectivity index (χ3v) is 7.61. The molecule has 1 aliphatic rings. The van der Waals surface area contributed by atoms with Gasteiger partial charge in [-0.2, -0.15) is 0 Å². The Balaban J connectivity index is 1.90. The minimum Gasteiger partial charge on any atom is -0.496 e. The Morgan fingerprint density at radius 3 is 2.35 bits per heavy atom. The van der Waals surface area contributed by atoms with Crippen LogP contribution in [-0.2, 0) is 31.6 Å². The van der Waals surface area contributed by atoms with Gasteiger partial charge in [0, 0.05) is 28.9 Å². The molecule has 9 heteroatoms. The van der Waals surface area contributed by atoms with Crippen molar-refractivity contribution in [2.45, 2.75) is 55.9 Å². The number of benzene rings is 1. The fourth-order valence-electron chi connectivity index (χ4n) is 5.00.